The number of amides is 1. The number of ether oxygens (including phenoxy) is 1. The highest BCUT2D eigenvalue weighted by atomic mass is 16.5. The minimum atomic E-state index is -0.158. The van der Waals surface area contributed by atoms with Crippen molar-refractivity contribution in [3.05, 3.63) is 85.1 Å². The molecule has 4 heterocycles. The second-order valence-corrected chi connectivity index (χ2v) is 9.62. The summed E-state index contributed by atoms with van der Waals surface area (Å²) in [4.78, 5) is 28.0. The number of likely N-dealkylation sites (tertiary alicyclic amines) is 1. The predicted octanol–water partition coefficient (Wildman–Crippen LogP) is 5.11. The van der Waals surface area contributed by atoms with E-state index in [1.54, 1.807) is 29.2 Å². The fourth-order valence-corrected chi connectivity index (χ4v) is 4.75. The fourth-order valence-electron chi connectivity index (χ4n) is 4.75. The summed E-state index contributed by atoms with van der Waals surface area (Å²) < 4.78 is 7.72. The Morgan fingerprint density at radius 2 is 2.00 bits per heavy atom. The third kappa shape index (κ3) is 5.41. The molecule has 0 unspecified atom stereocenters. The average molecular weight is 521 g/mol. The van der Waals surface area contributed by atoms with E-state index in [-0.39, 0.29) is 5.91 Å². The average Bonchev–Trinajstić information content (AvgIpc) is 3.57. The van der Waals surface area contributed by atoms with Crippen LogP contribution in [0.2, 0.25) is 0 Å². The number of hydrogen-bond donors (Lipinski definition) is 2. The zero-order chi connectivity index (χ0) is 26.8. The molecule has 0 aliphatic carbocycles. The van der Waals surface area contributed by atoms with E-state index >= 15 is 0 Å². The molecule has 1 atom stereocenters. The number of rotatable bonds is 7. The molecule has 2 aromatic carbocycles. The Balaban J connectivity index is 1.18. The molecule has 2 N–H and O–H groups in total. The molecule has 1 aliphatic rings. The van der Waals surface area contributed by atoms with Gasteiger partial charge in [-0.2, -0.15) is 5.10 Å². The van der Waals surface area contributed by atoms with Gasteiger partial charge in [-0.15, -0.1) is 0 Å². The van der Waals surface area contributed by atoms with E-state index < -0.39 is 0 Å². The van der Waals surface area contributed by atoms with Gasteiger partial charge in [-0.25, -0.2) is 19.5 Å². The molecule has 10 nitrogen and oxygen atoms in total. The van der Waals surface area contributed by atoms with E-state index in [9.17, 15) is 4.79 Å². The summed E-state index contributed by atoms with van der Waals surface area (Å²) in [6, 6.07) is 13.6. The van der Waals surface area contributed by atoms with Crippen LogP contribution in [0.3, 0.4) is 0 Å². The van der Waals surface area contributed by atoms with Crippen molar-refractivity contribution in [2.45, 2.75) is 25.8 Å². The van der Waals surface area contributed by atoms with Gasteiger partial charge in [0.1, 0.15) is 17.9 Å². The lowest BCUT2D eigenvalue weighted by molar-refractivity contribution is -0.111. The Morgan fingerprint density at radius 3 is 2.85 bits per heavy atom. The summed E-state index contributed by atoms with van der Waals surface area (Å²) in [5.41, 5.74) is 3.99. The first kappa shape index (κ1) is 24.5. The molecule has 6 rings (SSSR count). The summed E-state index contributed by atoms with van der Waals surface area (Å²) in [5.74, 6) is 1.79. The first-order valence-electron chi connectivity index (χ1n) is 12.8. The zero-order valence-electron chi connectivity index (χ0n) is 21.7. The van der Waals surface area contributed by atoms with Gasteiger partial charge in [0.2, 0.25) is 5.91 Å². The maximum absolute atomic E-state index is 12.6. The van der Waals surface area contributed by atoms with Crippen molar-refractivity contribution in [1.29, 1.82) is 0 Å². The molecule has 39 heavy (non-hydrogen) atoms. The molecule has 1 amide bonds. The third-order valence-corrected chi connectivity index (χ3v) is 6.84. The van der Waals surface area contributed by atoms with Crippen molar-refractivity contribution < 1.29 is 9.53 Å². The van der Waals surface area contributed by atoms with Crippen LogP contribution >= 0.6 is 0 Å². The quantitative estimate of drug-likeness (QED) is 0.285. The lowest BCUT2D eigenvalue weighted by Gasteiger charge is -2.14. The minimum Gasteiger partial charge on any atom is -0.454 e. The molecule has 10 heteroatoms. The van der Waals surface area contributed by atoms with Crippen LogP contribution in [0.25, 0.3) is 16.6 Å². The van der Waals surface area contributed by atoms with Crippen molar-refractivity contribution in [3.8, 4) is 11.5 Å². The maximum atomic E-state index is 12.6. The smallest absolute Gasteiger partial charge is 0.248 e. The second-order valence-electron chi connectivity index (χ2n) is 9.62. The van der Waals surface area contributed by atoms with E-state index in [4.69, 9.17) is 4.74 Å². The number of nitrogens with zero attached hydrogens (tertiary/aromatic N) is 6. The van der Waals surface area contributed by atoms with Gasteiger partial charge in [0.25, 0.3) is 0 Å². The SMILES string of the molecule is Cc1cc(Nc2ncnc3ccc(NC(=O)/C=C/[C@H]4CCCN4C)cc23)ccc1Oc1cnc2ccnn2c1. The number of anilines is 3. The summed E-state index contributed by atoms with van der Waals surface area (Å²) in [6.07, 6.45) is 12.5. The zero-order valence-corrected chi connectivity index (χ0v) is 21.7. The molecule has 5 aromatic rings. The van der Waals surface area contributed by atoms with E-state index in [0.717, 1.165) is 47.2 Å². The van der Waals surface area contributed by atoms with Crippen molar-refractivity contribution in [2.24, 2.45) is 0 Å². The van der Waals surface area contributed by atoms with E-state index in [2.05, 4.69) is 42.6 Å². The topological polar surface area (TPSA) is 110 Å². The van der Waals surface area contributed by atoms with Crippen LogP contribution in [-0.2, 0) is 4.79 Å². The number of benzene rings is 2. The van der Waals surface area contributed by atoms with Gasteiger partial charge in [0.05, 0.1) is 24.1 Å². The fraction of sp³-hybridized carbons (Fsp3) is 0.207. The predicted molar refractivity (Wildman–Crippen MR) is 150 cm³/mol. The van der Waals surface area contributed by atoms with Crippen molar-refractivity contribution in [3.63, 3.8) is 0 Å². The molecule has 0 bridgehead atoms. The highest BCUT2D eigenvalue weighted by Crippen LogP contribution is 2.30. The van der Waals surface area contributed by atoms with Gasteiger partial charge < -0.3 is 15.4 Å². The molecule has 1 aliphatic heterocycles. The van der Waals surface area contributed by atoms with Crippen LogP contribution in [-0.4, -0.2) is 55.0 Å². The number of aryl methyl sites for hydroxylation is 1. The van der Waals surface area contributed by atoms with Crippen molar-refractivity contribution in [2.75, 3.05) is 24.2 Å². The van der Waals surface area contributed by atoms with Gasteiger partial charge >= 0.3 is 0 Å². The monoisotopic (exact) mass is 520 g/mol. The minimum absolute atomic E-state index is 0.158. The standard InChI is InChI=1S/C29H28N8O2/c1-19-14-20(6-9-26(19)39-23-16-30-27-11-12-33-37(27)17-23)35-29-24-15-21(5-8-25(24)31-18-32-29)34-28(38)10-7-22-4-3-13-36(22)2/h5-12,14-18,22H,3-4,13H2,1-2H3,(H,34,38)(H,31,32,35)/b10-7+/t22-/m1/s1. The van der Waals surface area contributed by atoms with Crippen LogP contribution < -0.4 is 15.4 Å². The summed E-state index contributed by atoms with van der Waals surface area (Å²) in [6.45, 7) is 3.04. The molecule has 1 fully saturated rings. The molecule has 1 saturated heterocycles. The van der Waals surface area contributed by atoms with Crippen LogP contribution in [0.4, 0.5) is 17.2 Å². The molecule has 0 saturated carbocycles. The Morgan fingerprint density at radius 1 is 1.10 bits per heavy atom. The number of aromatic nitrogens is 5. The number of likely N-dealkylation sites (N-methyl/N-ethyl adjacent to an activating group) is 1. The molecule has 196 valence electrons. The number of carbonyl (C=O) groups is 1. The second kappa shape index (κ2) is 10.5. The van der Waals surface area contributed by atoms with Gasteiger partial charge in [0.15, 0.2) is 11.4 Å². The Bertz CT molecular complexity index is 1700. The molecule has 3 aromatic heterocycles. The highest BCUT2D eigenvalue weighted by Gasteiger charge is 2.18. The van der Waals surface area contributed by atoms with Crippen LogP contribution in [0.1, 0.15) is 18.4 Å². The molecule has 0 radical (unpaired) electrons. The summed E-state index contributed by atoms with van der Waals surface area (Å²) in [5, 5.41) is 11.3. The number of fused-ring (bicyclic) bond motifs is 2. The van der Waals surface area contributed by atoms with E-state index in [0.29, 0.717) is 29.0 Å². The van der Waals surface area contributed by atoms with E-state index in [1.807, 2.05) is 55.5 Å². The molecular weight excluding hydrogens is 492 g/mol. The first-order valence-corrected chi connectivity index (χ1v) is 12.8. The Labute approximate surface area is 225 Å². The van der Waals surface area contributed by atoms with Crippen LogP contribution in [0, 0.1) is 6.92 Å². The lowest BCUT2D eigenvalue weighted by Crippen LogP contribution is -2.23. The number of nitrogens with one attached hydrogen (secondary N) is 2. The summed E-state index contributed by atoms with van der Waals surface area (Å²) >= 11 is 0. The Hall–Kier alpha value is -4.83. The third-order valence-electron chi connectivity index (χ3n) is 6.84. The number of carbonyl (C=O) groups excluding carboxylic acids is 1. The molecular formula is C29H28N8O2. The van der Waals surface area contributed by atoms with Crippen molar-refractivity contribution >= 4 is 39.6 Å². The Kier molecular flexibility index (Phi) is 6.60. The first-order chi connectivity index (χ1) is 19.0. The largest absolute Gasteiger partial charge is 0.454 e. The summed E-state index contributed by atoms with van der Waals surface area (Å²) in [7, 11) is 2.08. The maximum Gasteiger partial charge on any atom is 0.248 e. The molecule has 0 spiro atoms. The van der Waals surface area contributed by atoms with Gasteiger partial charge in [0, 0.05) is 34.9 Å². The van der Waals surface area contributed by atoms with Crippen molar-refractivity contribution in [1.82, 2.24) is 29.5 Å². The van der Waals surface area contributed by atoms with Gasteiger partial charge in [-0.1, -0.05) is 6.08 Å². The van der Waals surface area contributed by atoms with E-state index in [1.165, 1.54) is 6.33 Å². The highest BCUT2D eigenvalue weighted by molar-refractivity contribution is 6.02. The number of hydrogen-bond acceptors (Lipinski definition) is 8. The van der Waals surface area contributed by atoms with Gasteiger partial charge in [-0.3, -0.25) is 9.69 Å². The lowest BCUT2D eigenvalue weighted by atomic mass is 10.1. The normalized spacial score (nSPS) is 15.8. The van der Waals surface area contributed by atoms with Crippen LogP contribution in [0.15, 0.2) is 79.5 Å². The van der Waals surface area contributed by atoms with Crippen LogP contribution in [0.5, 0.6) is 11.5 Å². The van der Waals surface area contributed by atoms with Gasteiger partial charge in [-0.05, 0) is 75.3 Å².